The van der Waals surface area contributed by atoms with Gasteiger partial charge in [-0.05, 0) is 18.2 Å². The first-order valence-electron chi connectivity index (χ1n) is 7.00. The molecule has 26 heavy (non-hydrogen) atoms. The fourth-order valence-electron chi connectivity index (χ4n) is 1.97. The number of carbonyl (C=O) groups is 1. The largest absolute Gasteiger partial charge is 0.457 e. The number of nitrogens with one attached hydrogen (secondary N) is 1. The summed E-state index contributed by atoms with van der Waals surface area (Å²) in [7, 11) is 0. The molecule has 2 aromatic rings. The molecule has 1 N–H and O–H groups in total. The minimum atomic E-state index is -4.57. The van der Waals surface area contributed by atoms with Crippen LogP contribution in [0.15, 0.2) is 42.5 Å². The Labute approximate surface area is 144 Å². The Hall–Kier alpha value is -3.61. The molecular formula is C16H10F3N3O4. The van der Waals surface area contributed by atoms with E-state index in [0.717, 1.165) is 30.3 Å². The van der Waals surface area contributed by atoms with Gasteiger partial charge in [-0.2, -0.15) is 18.4 Å². The zero-order valence-electron chi connectivity index (χ0n) is 12.9. The Morgan fingerprint density at radius 1 is 1.23 bits per heavy atom. The first-order chi connectivity index (χ1) is 12.2. The molecule has 0 radical (unpaired) electrons. The van der Waals surface area contributed by atoms with Crippen LogP contribution in [-0.2, 0) is 11.0 Å². The normalized spacial score (nSPS) is 10.7. The van der Waals surface area contributed by atoms with E-state index in [1.165, 1.54) is 12.1 Å². The Kier molecular flexibility index (Phi) is 5.42. The molecule has 2 aromatic carbocycles. The number of alkyl halides is 3. The highest BCUT2D eigenvalue weighted by Crippen LogP contribution is 2.34. The maximum Gasteiger partial charge on any atom is 0.416 e. The van der Waals surface area contributed by atoms with Crippen molar-refractivity contribution in [3.05, 3.63) is 58.1 Å². The number of carbonyl (C=O) groups excluding carboxylic acids is 1. The van der Waals surface area contributed by atoms with E-state index in [0.29, 0.717) is 0 Å². The van der Waals surface area contributed by atoms with Crippen molar-refractivity contribution < 1.29 is 27.6 Å². The van der Waals surface area contributed by atoms with Gasteiger partial charge >= 0.3 is 6.18 Å². The molecule has 10 heteroatoms. The Morgan fingerprint density at radius 2 is 1.96 bits per heavy atom. The first kappa shape index (κ1) is 18.7. The number of hydrogen-bond acceptors (Lipinski definition) is 5. The van der Waals surface area contributed by atoms with Crippen molar-refractivity contribution in [2.24, 2.45) is 0 Å². The van der Waals surface area contributed by atoms with Gasteiger partial charge in [0.15, 0.2) is 0 Å². The molecule has 0 aliphatic carbocycles. The lowest BCUT2D eigenvalue weighted by atomic mass is 10.2. The van der Waals surface area contributed by atoms with Gasteiger partial charge in [0.05, 0.1) is 28.3 Å². The van der Waals surface area contributed by atoms with Crippen molar-refractivity contribution in [3.8, 4) is 17.6 Å². The van der Waals surface area contributed by atoms with Gasteiger partial charge in [-0.1, -0.05) is 6.07 Å². The molecule has 0 fully saturated rings. The van der Waals surface area contributed by atoms with Crippen LogP contribution in [0.2, 0.25) is 0 Å². The van der Waals surface area contributed by atoms with E-state index in [-0.39, 0.29) is 17.2 Å². The van der Waals surface area contributed by atoms with Crippen LogP contribution in [0.3, 0.4) is 0 Å². The summed E-state index contributed by atoms with van der Waals surface area (Å²) in [6.07, 6.45) is -5.04. The number of nitrogens with zero attached hydrogens (tertiary/aromatic N) is 2. The standard InChI is InChI=1S/C16H10F3N3O4/c17-16(18,19)10-2-1-3-13(6-10)26-14-8-11(21-15(23)4-5-20)7-12(9-14)22(24)25/h1-3,6-9H,4H2,(H,21,23). The second-order valence-electron chi connectivity index (χ2n) is 4.98. The van der Waals surface area contributed by atoms with Crippen molar-refractivity contribution in [1.29, 1.82) is 5.26 Å². The van der Waals surface area contributed by atoms with Gasteiger partial charge in [0.2, 0.25) is 5.91 Å². The molecule has 0 saturated heterocycles. The molecule has 0 bridgehead atoms. The van der Waals surface area contributed by atoms with E-state index in [4.69, 9.17) is 10.00 Å². The Balaban J connectivity index is 2.34. The van der Waals surface area contributed by atoms with Gasteiger partial charge in [-0.3, -0.25) is 14.9 Å². The minimum absolute atomic E-state index is 0.0265. The van der Waals surface area contributed by atoms with Crippen molar-refractivity contribution in [1.82, 2.24) is 0 Å². The number of benzene rings is 2. The van der Waals surface area contributed by atoms with Crippen molar-refractivity contribution in [2.45, 2.75) is 12.6 Å². The molecule has 0 spiro atoms. The third-order valence-corrected chi connectivity index (χ3v) is 3.02. The summed E-state index contributed by atoms with van der Waals surface area (Å²) >= 11 is 0. The lowest BCUT2D eigenvalue weighted by Crippen LogP contribution is -2.10. The lowest BCUT2D eigenvalue weighted by Gasteiger charge is -2.11. The number of nitro benzene ring substituents is 1. The number of halogens is 3. The van der Waals surface area contributed by atoms with E-state index in [1.807, 2.05) is 0 Å². The average Bonchev–Trinajstić information content (AvgIpc) is 2.54. The zero-order valence-corrected chi connectivity index (χ0v) is 12.9. The lowest BCUT2D eigenvalue weighted by molar-refractivity contribution is -0.384. The van der Waals surface area contributed by atoms with Crippen molar-refractivity contribution >= 4 is 17.3 Å². The van der Waals surface area contributed by atoms with Crippen LogP contribution in [0, 0.1) is 21.4 Å². The monoisotopic (exact) mass is 365 g/mol. The fourth-order valence-corrected chi connectivity index (χ4v) is 1.97. The number of hydrogen-bond donors (Lipinski definition) is 1. The highest BCUT2D eigenvalue weighted by atomic mass is 19.4. The Morgan fingerprint density at radius 3 is 2.58 bits per heavy atom. The number of nitro groups is 1. The molecule has 0 aromatic heterocycles. The summed E-state index contributed by atoms with van der Waals surface area (Å²) < 4.78 is 43.5. The zero-order chi connectivity index (χ0) is 19.3. The summed E-state index contributed by atoms with van der Waals surface area (Å²) in [5.74, 6) is -1.03. The van der Waals surface area contributed by atoms with Gasteiger partial charge in [-0.25, -0.2) is 0 Å². The number of rotatable bonds is 5. The van der Waals surface area contributed by atoms with Crippen LogP contribution in [0.25, 0.3) is 0 Å². The predicted octanol–water partition coefficient (Wildman–Crippen LogP) is 4.26. The number of anilines is 1. The number of amides is 1. The molecule has 0 aliphatic heterocycles. The number of non-ortho nitro benzene ring substituents is 1. The molecule has 0 unspecified atom stereocenters. The topological polar surface area (TPSA) is 105 Å². The summed E-state index contributed by atoms with van der Waals surface area (Å²) in [5.41, 5.74) is -1.41. The van der Waals surface area contributed by atoms with Crippen molar-refractivity contribution in [2.75, 3.05) is 5.32 Å². The number of ether oxygens (including phenoxy) is 1. The maximum absolute atomic E-state index is 12.7. The third-order valence-electron chi connectivity index (χ3n) is 3.02. The van der Waals surface area contributed by atoms with Crippen molar-refractivity contribution in [3.63, 3.8) is 0 Å². The van der Waals surface area contributed by atoms with E-state index >= 15 is 0 Å². The molecule has 0 atom stereocenters. The summed E-state index contributed by atoms with van der Waals surface area (Å²) in [5, 5.41) is 21.7. The number of nitriles is 1. The average molecular weight is 365 g/mol. The SMILES string of the molecule is N#CCC(=O)Nc1cc(Oc2cccc(C(F)(F)F)c2)cc([N+](=O)[O-])c1. The minimum Gasteiger partial charge on any atom is -0.457 e. The van der Waals surface area contributed by atoms with E-state index in [1.54, 1.807) is 6.07 Å². The quantitative estimate of drug-likeness (QED) is 0.630. The molecule has 1 amide bonds. The highest BCUT2D eigenvalue weighted by molar-refractivity contribution is 5.92. The smallest absolute Gasteiger partial charge is 0.416 e. The van der Waals surface area contributed by atoms with Gasteiger partial charge in [0.1, 0.15) is 17.9 Å². The third kappa shape index (κ3) is 4.94. The second-order valence-corrected chi connectivity index (χ2v) is 4.98. The first-order valence-corrected chi connectivity index (χ1v) is 7.00. The molecule has 134 valence electrons. The fraction of sp³-hybridized carbons (Fsp3) is 0.125. The second kappa shape index (κ2) is 7.52. The van der Waals surface area contributed by atoms with Crippen LogP contribution < -0.4 is 10.1 Å². The molecule has 2 rings (SSSR count). The Bertz CT molecular complexity index is 891. The van der Waals surface area contributed by atoms with Crippen LogP contribution in [0.4, 0.5) is 24.5 Å². The van der Waals surface area contributed by atoms with E-state index in [9.17, 15) is 28.1 Å². The van der Waals surface area contributed by atoms with Crippen LogP contribution in [0.5, 0.6) is 11.5 Å². The summed E-state index contributed by atoms with van der Waals surface area (Å²) in [4.78, 5) is 21.7. The molecule has 0 saturated carbocycles. The van der Waals surface area contributed by atoms with Crippen LogP contribution >= 0.6 is 0 Å². The van der Waals surface area contributed by atoms with Gasteiger partial charge in [0, 0.05) is 12.1 Å². The molecule has 0 heterocycles. The van der Waals surface area contributed by atoms with Crippen LogP contribution in [-0.4, -0.2) is 10.8 Å². The van der Waals surface area contributed by atoms with Gasteiger partial charge in [-0.15, -0.1) is 0 Å². The molecule has 7 nitrogen and oxygen atoms in total. The molecular weight excluding hydrogens is 355 g/mol. The van der Waals surface area contributed by atoms with Gasteiger partial charge < -0.3 is 10.1 Å². The maximum atomic E-state index is 12.7. The van der Waals surface area contributed by atoms with E-state index in [2.05, 4.69) is 5.32 Å². The summed E-state index contributed by atoms with van der Waals surface area (Å²) in [6.45, 7) is 0. The molecule has 0 aliphatic rings. The summed E-state index contributed by atoms with van der Waals surface area (Å²) in [6, 6.07) is 8.83. The highest BCUT2D eigenvalue weighted by Gasteiger charge is 2.30. The van der Waals surface area contributed by atoms with Gasteiger partial charge in [0.25, 0.3) is 5.69 Å². The van der Waals surface area contributed by atoms with Crippen LogP contribution in [0.1, 0.15) is 12.0 Å². The predicted molar refractivity (Wildman–Crippen MR) is 83.5 cm³/mol. The van der Waals surface area contributed by atoms with E-state index < -0.39 is 34.7 Å².